The van der Waals surface area contributed by atoms with E-state index in [0.29, 0.717) is 18.8 Å². The van der Waals surface area contributed by atoms with E-state index in [1.54, 1.807) is 12.1 Å². The zero-order valence-electron chi connectivity index (χ0n) is 9.15. The Labute approximate surface area is 99.5 Å². The van der Waals surface area contributed by atoms with Crippen molar-refractivity contribution in [3.05, 3.63) is 34.7 Å². The van der Waals surface area contributed by atoms with E-state index >= 15 is 0 Å². The lowest BCUT2D eigenvalue weighted by Crippen LogP contribution is -2.27. The van der Waals surface area contributed by atoms with Crippen LogP contribution in [-0.4, -0.2) is 25.8 Å². The van der Waals surface area contributed by atoms with Gasteiger partial charge >= 0.3 is 0 Å². The van der Waals surface area contributed by atoms with Crippen LogP contribution in [0.25, 0.3) is 10.4 Å². The molecule has 1 saturated heterocycles. The molecule has 1 aliphatic heterocycles. The molecule has 7 heteroatoms. The Balaban J connectivity index is 2.38. The smallest absolute Gasteiger partial charge is 0.207 e. The van der Waals surface area contributed by atoms with Crippen LogP contribution in [0.4, 0.5) is 5.69 Å². The normalized spacial score (nSPS) is 16.7. The summed E-state index contributed by atoms with van der Waals surface area (Å²) in [6, 6.07) is 6.06. The van der Waals surface area contributed by atoms with Crippen molar-refractivity contribution in [2.45, 2.75) is 17.7 Å². The molecule has 17 heavy (non-hydrogen) atoms. The Morgan fingerprint density at radius 1 is 1.29 bits per heavy atom. The zero-order chi connectivity index (χ0) is 12.3. The van der Waals surface area contributed by atoms with Crippen molar-refractivity contribution in [1.82, 2.24) is 4.31 Å². The van der Waals surface area contributed by atoms with E-state index in [2.05, 4.69) is 10.0 Å². The highest BCUT2D eigenvalue weighted by Gasteiger charge is 2.26. The van der Waals surface area contributed by atoms with E-state index in [4.69, 9.17) is 5.53 Å². The molecule has 90 valence electrons. The Morgan fingerprint density at radius 2 is 2.00 bits per heavy atom. The minimum Gasteiger partial charge on any atom is -0.207 e. The first-order chi connectivity index (χ1) is 8.14. The first-order valence-electron chi connectivity index (χ1n) is 5.30. The van der Waals surface area contributed by atoms with Crippen LogP contribution in [-0.2, 0) is 10.0 Å². The lowest BCUT2D eigenvalue weighted by atomic mass is 10.3. The van der Waals surface area contributed by atoms with E-state index in [1.165, 1.54) is 16.4 Å². The fourth-order valence-electron chi connectivity index (χ4n) is 1.84. The number of benzene rings is 1. The number of azide groups is 1. The first-order valence-corrected chi connectivity index (χ1v) is 6.74. The molecular weight excluding hydrogens is 240 g/mol. The predicted octanol–water partition coefficient (Wildman–Crippen LogP) is 2.41. The van der Waals surface area contributed by atoms with Crippen LogP contribution in [0.1, 0.15) is 12.8 Å². The summed E-state index contributed by atoms with van der Waals surface area (Å²) in [4.78, 5) is 2.83. The Bertz CT molecular complexity index is 557. The molecule has 6 nitrogen and oxygen atoms in total. The van der Waals surface area contributed by atoms with Gasteiger partial charge in [0.2, 0.25) is 10.0 Å². The third-order valence-corrected chi connectivity index (χ3v) is 4.58. The lowest BCUT2D eigenvalue weighted by molar-refractivity contribution is 0.477. The molecule has 2 rings (SSSR count). The highest BCUT2D eigenvalue weighted by Crippen LogP contribution is 2.24. The van der Waals surface area contributed by atoms with Gasteiger partial charge in [-0.2, -0.15) is 4.31 Å². The highest BCUT2D eigenvalue weighted by molar-refractivity contribution is 7.89. The number of hydrogen-bond donors (Lipinski definition) is 0. The van der Waals surface area contributed by atoms with Gasteiger partial charge < -0.3 is 0 Å². The maximum absolute atomic E-state index is 12.2. The fourth-order valence-corrected chi connectivity index (χ4v) is 3.39. The van der Waals surface area contributed by atoms with Crippen LogP contribution >= 0.6 is 0 Å². The van der Waals surface area contributed by atoms with Crippen molar-refractivity contribution in [3.63, 3.8) is 0 Å². The molecule has 0 aromatic heterocycles. The van der Waals surface area contributed by atoms with Gasteiger partial charge in [-0.05, 0) is 30.5 Å². The summed E-state index contributed by atoms with van der Waals surface area (Å²) in [7, 11) is -3.43. The van der Waals surface area contributed by atoms with E-state index in [1.807, 2.05) is 0 Å². The maximum Gasteiger partial charge on any atom is 0.243 e. The van der Waals surface area contributed by atoms with Gasteiger partial charge in [0.15, 0.2) is 0 Å². The summed E-state index contributed by atoms with van der Waals surface area (Å²) in [5.74, 6) is 0. The molecule has 0 aliphatic carbocycles. The van der Waals surface area contributed by atoms with Crippen LogP contribution in [0.5, 0.6) is 0 Å². The van der Waals surface area contributed by atoms with Gasteiger partial charge in [-0.15, -0.1) is 0 Å². The molecule has 1 aromatic carbocycles. The topological polar surface area (TPSA) is 86.1 Å². The van der Waals surface area contributed by atoms with Gasteiger partial charge in [0, 0.05) is 23.7 Å². The molecule has 0 radical (unpaired) electrons. The van der Waals surface area contributed by atoms with E-state index < -0.39 is 10.0 Å². The van der Waals surface area contributed by atoms with E-state index in [-0.39, 0.29) is 4.90 Å². The van der Waals surface area contributed by atoms with Crippen LogP contribution in [0, 0.1) is 0 Å². The Kier molecular flexibility index (Phi) is 3.33. The lowest BCUT2D eigenvalue weighted by Gasteiger charge is -2.15. The number of sulfonamides is 1. The Hall–Kier alpha value is -1.56. The van der Waals surface area contributed by atoms with Crippen molar-refractivity contribution in [2.75, 3.05) is 13.1 Å². The predicted molar refractivity (Wildman–Crippen MR) is 63.2 cm³/mol. The van der Waals surface area contributed by atoms with E-state index in [9.17, 15) is 8.42 Å². The zero-order valence-corrected chi connectivity index (χ0v) is 9.97. The van der Waals surface area contributed by atoms with Gasteiger partial charge in [-0.1, -0.05) is 17.2 Å². The second kappa shape index (κ2) is 4.75. The molecule has 0 unspecified atom stereocenters. The highest BCUT2D eigenvalue weighted by atomic mass is 32.2. The van der Waals surface area contributed by atoms with E-state index in [0.717, 1.165) is 12.8 Å². The summed E-state index contributed by atoms with van der Waals surface area (Å²) < 4.78 is 25.8. The number of hydrogen-bond acceptors (Lipinski definition) is 3. The molecular formula is C10H12N4O2S. The standard InChI is InChI=1S/C10H12N4O2S/c11-13-12-9-4-3-5-10(8-9)17(15,16)14-6-1-2-7-14/h3-5,8H,1-2,6-7H2. The third-order valence-electron chi connectivity index (χ3n) is 2.68. The minimum absolute atomic E-state index is 0.185. The molecule has 1 heterocycles. The average Bonchev–Trinajstić information content (AvgIpc) is 2.84. The molecule has 1 aliphatic rings. The second-order valence-corrected chi connectivity index (χ2v) is 5.74. The van der Waals surface area contributed by atoms with Crippen LogP contribution in [0.15, 0.2) is 34.3 Å². The Morgan fingerprint density at radius 3 is 2.65 bits per heavy atom. The van der Waals surface area contributed by atoms with Crippen LogP contribution < -0.4 is 0 Å². The van der Waals surface area contributed by atoms with Crippen molar-refractivity contribution in [1.29, 1.82) is 0 Å². The van der Waals surface area contributed by atoms with Gasteiger partial charge in [0.05, 0.1) is 4.90 Å². The molecule has 1 aromatic rings. The summed E-state index contributed by atoms with van der Waals surface area (Å²) in [6.45, 7) is 1.13. The van der Waals surface area contributed by atoms with Gasteiger partial charge in [-0.25, -0.2) is 8.42 Å². The van der Waals surface area contributed by atoms with Crippen molar-refractivity contribution >= 4 is 15.7 Å². The SMILES string of the molecule is [N-]=[N+]=Nc1cccc(S(=O)(=O)N2CCCC2)c1. The average molecular weight is 252 g/mol. The minimum atomic E-state index is -3.43. The summed E-state index contributed by atoms with van der Waals surface area (Å²) in [5, 5.41) is 3.41. The van der Waals surface area contributed by atoms with Crippen LogP contribution in [0.2, 0.25) is 0 Å². The first kappa shape index (κ1) is 11.9. The van der Waals surface area contributed by atoms with Gasteiger partial charge in [-0.3, -0.25) is 0 Å². The molecule has 1 fully saturated rings. The van der Waals surface area contributed by atoms with Crippen LogP contribution in [0.3, 0.4) is 0 Å². The molecule has 0 bridgehead atoms. The van der Waals surface area contributed by atoms with Gasteiger partial charge in [0.1, 0.15) is 0 Å². The second-order valence-electron chi connectivity index (χ2n) is 3.80. The van der Waals surface area contributed by atoms with Crippen molar-refractivity contribution in [2.24, 2.45) is 5.11 Å². The molecule has 0 spiro atoms. The molecule has 0 N–H and O–H groups in total. The van der Waals surface area contributed by atoms with Crippen molar-refractivity contribution < 1.29 is 8.42 Å². The monoisotopic (exact) mass is 252 g/mol. The fraction of sp³-hybridized carbons (Fsp3) is 0.400. The number of rotatable bonds is 3. The largest absolute Gasteiger partial charge is 0.243 e. The molecule has 0 saturated carbocycles. The van der Waals surface area contributed by atoms with Crippen molar-refractivity contribution in [3.8, 4) is 0 Å². The quantitative estimate of drug-likeness (QED) is 0.470. The summed E-state index contributed by atoms with van der Waals surface area (Å²) in [6.07, 6.45) is 1.80. The van der Waals surface area contributed by atoms with Gasteiger partial charge in [0.25, 0.3) is 0 Å². The summed E-state index contributed by atoms with van der Waals surface area (Å²) >= 11 is 0. The molecule has 0 amide bonds. The summed E-state index contributed by atoms with van der Waals surface area (Å²) in [5.41, 5.74) is 8.64. The number of nitrogens with zero attached hydrogens (tertiary/aromatic N) is 4. The third kappa shape index (κ3) is 2.41. The molecule has 0 atom stereocenters. The maximum atomic E-state index is 12.2.